The molecule has 1 heteroatoms. The number of rotatable bonds is 0. The Morgan fingerprint density at radius 1 is 1.55 bits per heavy atom. The largest absolute Gasteiger partial charge is 0.389 e. The summed E-state index contributed by atoms with van der Waals surface area (Å²) in [7, 11) is 0. The van der Waals surface area contributed by atoms with E-state index in [1.807, 2.05) is 6.08 Å². The van der Waals surface area contributed by atoms with Crippen molar-refractivity contribution in [1.82, 2.24) is 0 Å². The Balaban J connectivity index is 2.34. The average molecular weight is 152 g/mol. The molecule has 3 rings (SSSR count). The van der Waals surface area contributed by atoms with E-state index in [1.165, 1.54) is 12.0 Å². The van der Waals surface area contributed by atoms with Crippen molar-refractivity contribution < 1.29 is 5.11 Å². The van der Waals surface area contributed by atoms with Crippen LogP contribution in [0.1, 0.15) is 27.2 Å². The third-order valence-electron chi connectivity index (χ3n) is 3.74. The van der Waals surface area contributed by atoms with Gasteiger partial charge in [-0.2, -0.15) is 0 Å². The van der Waals surface area contributed by atoms with Gasteiger partial charge in [-0.25, -0.2) is 0 Å². The molecule has 1 N–H and O–H groups in total. The van der Waals surface area contributed by atoms with Gasteiger partial charge in [0, 0.05) is 0 Å². The molecule has 0 aromatic rings. The predicted molar refractivity (Wildman–Crippen MR) is 45.1 cm³/mol. The van der Waals surface area contributed by atoms with Crippen molar-refractivity contribution >= 4 is 0 Å². The predicted octanol–water partition coefficient (Wildman–Crippen LogP) is 1.97. The Labute approximate surface area is 68.1 Å². The summed E-state index contributed by atoms with van der Waals surface area (Å²) in [5, 5.41) is 9.65. The van der Waals surface area contributed by atoms with Gasteiger partial charge in [-0.15, -0.1) is 0 Å². The van der Waals surface area contributed by atoms with Gasteiger partial charge in [-0.05, 0) is 30.6 Å². The number of allylic oxidation sites excluding steroid dienone is 1. The van der Waals surface area contributed by atoms with Gasteiger partial charge in [-0.1, -0.05) is 25.5 Å². The molecule has 0 saturated heterocycles. The Morgan fingerprint density at radius 2 is 2.18 bits per heavy atom. The Hall–Kier alpha value is -0.300. The molecule has 1 nitrogen and oxygen atoms in total. The van der Waals surface area contributed by atoms with Crippen molar-refractivity contribution in [3.63, 3.8) is 0 Å². The second kappa shape index (κ2) is 1.89. The van der Waals surface area contributed by atoms with Crippen LogP contribution < -0.4 is 0 Å². The molecule has 1 fully saturated rings. The smallest absolute Gasteiger partial charge is 0.0757 e. The van der Waals surface area contributed by atoms with Gasteiger partial charge in [0.1, 0.15) is 0 Å². The first kappa shape index (κ1) is 7.35. The topological polar surface area (TPSA) is 20.2 Å². The van der Waals surface area contributed by atoms with Crippen LogP contribution in [0.4, 0.5) is 0 Å². The van der Waals surface area contributed by atoms with Gasteiger partial charge in [0.05, 0.1) is 6.10 Å². The molecular formula is C10H16O. The molecule has 0 aliphatic heterocycles. The normalized spacial score (nSPS) is 46.2. The fraction of sp³-hybridized carbons (Fsp3) is 0.800. The van der Waals surface area contributed by atoms with E-state index in [4.69, 9.17) is 0 Å². The lowest BCUT2D eigenvalue weighted by atomic mass is 9.48. The van der Waals surface area contributed by atoms with Crippen molar-refractivity contribution in [3.05, 3.63) is 11.6 Å². The van der Waals surface area contributed by atoms with Crippen LogP contribution in [0.2, 0.25) is 0 Å². The first-order chi connectivity index (χ1) is 5.03. The van der Waals surface area contributed by atoms with E-state index in [-0.39, 0.29) is 6.10 Å². The maximum absolute atomic E-state index is 9.65. The molecule has 0 aromatic carbocycles. The molecule has 1 saturated carbocycles. The molecule has 0 amide bonds. The van der Waals surface area contributed by atoms with Gasteiger partial charge in [-0.3, -0.25) is 0 Å². The molecule has 11 heavy (non-hydrogen) atoms. The molecule has 1 unspecified atom stereocenters. The number of aliphatic hydroxyl groups is 1. The summed E-state index contributed by atoms with van der Waals surface area (Å²) >= 11 is 0. The maximum atomic E-state index is 9.65. The lowest BCUT2D eigenvalue weighted by molar-refractivity contribution is -0.0760. The van der Waals surface area contributed by atoms with Gasteiger partial charge < -0.3 is 5.11 Å². The second-order valence-corrected chi connectivity index (χ2v) is 4.62. The fourth-order valence-electron chi connectivity index (χ4n) is 2.81. The van der Waals surface area contributed by atoms with Gasteiger partial charge in [0.2, 0.25) is 0 Å². The Kier molecular flexibility index (Phi) is 1.26. The number of hydrogen-bond acceptors (Lipinski definition) is 1. The highest BCUT2D eigenvalue weighted by Crippen LogP contribution is 2.58. The zero-order valence-electron chi connectivity index (χ0n) is 7.46. The molecular weight excluding hydrogens is 136 g/mol. The minimum atomic E-state index is -0.171. The van der Waals surface area contributed by atoms with Crippen molar-refractivity contribution in [2.24, 2.45) is 17.3 Å². The molecule has 2 bridgehead atoms. The van der Waals surface area contributed by atoms with Crippen molar-refractivity contribution in [2.75, 3.05) is 0 Å². The standard InChI is InChI=1S/C10H16O/c1-6-4-9(11)8-5-7(6)10(8,2)3/h4,7-9,11H,5H2,1-3H3/t7?,8-,9-/m0/s1. The minimum absolute atomic E-state index is 0.171. The van der Waals surface area contributed by atoms with E-state index in [1.54, 1.807) is 0 Å². The van der Waals surface area contributed by atoms with Crippen LogP contribution in [0.15, 0.2) is 11.6 Å². The van der Waals surface area contributed by atoms with Crippen molar-refractivity contribution in [3.8, 4) is 0 Å². The monoisotopic (exact) mass is 152 g/mol. The Bertz CT molecular complexity index is 215. The lowest BCUT2D eigenvalue weighted by Gasteiger charge is -2.57. The van der Waals surface area contributed by atoms with Crippen LogP contribution in [0, 0.1) is 17.3 Å². The molecule has 0 aromatic heterocycles. The summed E-state index contributed by atoms with van der Waals surface area (Å²) in [5.74, 6) is 1.27. The van der Waals surface area contributed by atoms with Gasteiger partial charge in [0.15, 0.2) is 0 Å². The van der Waals surface area contributed by atoms with E-state index < -0.39 is 0 Å². The molecule has 3 atom stereocenters. The van der Waals surface area contributed by atoms with Crippen LogP contribution in [0.5, 0.6) is 0 Å². The summed E-state index contributed by atoms with van der Waals surface area (Å²) in [6, 6.07) is 0. The zero-order chi connectivity index (χ0) is 8.22. The molecule has 62 valence electrons. The van der Waals surface area contributed by atoms with E-state index in [9.17, 15) is 5.11 Å². The van der Waals surface area contributed by atoms with E-state index in [2.05, 4.69) is 20.8 Å². The molecule has 0 heterocycles. The summed E-state index contributed by atoms with van der Waals surface area (Å²) < 4.78 is 0. The third kappa shape index (κ3) is 0.750. The van der Waals surface area contributed by atoms with Crippen LogP contribution >= 0.6 is 0 Å². The fourth-order valence-corrected chi connectivity index (χ4v) is 2.81. The molecule has 0 spiro atoms. The van der Waals surface area contributed by atoms with Crippen LogP contribution in [-0.2, 0) is 0 Å². The van der Waals surface area contributed by atoms with Crippen LogP contribution in [-0.4, -0.2) is 11.2 Å². The quantitative estimate of drug-likeness (QED) is 0.526. The first-order valence-corrected chi connectivity index (χ1v) is 4.40. The van der Waals surface area contributed by atoms with Crippen LogP contribution in [0.3, 0.4) is 0 Å². The highest BCUT2D eigenvalue weighted by Gasteiger charge is 2.53. The van der Waals surface area contributed by atoms with E-state index in [0.29, 0.717) is 11.3 Å². The van der Waals surface area contributed by atoms with Crippen LogP contribution in [0.25, 0.3) is 0 Å². The van der Waals surface area contributed by atoms with Gasteiger partial charge in [0.25, 0.3) is 0 Å². The van der Waals surface area contributed by atoms with E-state index >= 15 is 0 Å². The SMILES string of the molecule is CC1=C[C@H](O)[C@@H]2CC1C2(C)C. The van der Waals surface area contributed by atoms with E-state index in [0.717, 1.165) is 5.92 Å². The molecule has 0 radical (unpaired) electrons. The summed E-state index contributed by atoms with van der Waals surface area (Å²) in [6.45, 7) is 6.68. The first-order valence-electron chi connectivity index (χ1n) is 4.40. The third-order valence-corrected chi connectivity index (χ3v) is 3.74. The number of hydrogen-bond donors (Lipinski definition) is 1. The Morgan fingerprint density at radius 3 is 2.55 bits per heavy atom. The maximum Gasteiger partial charge on any atom is 0.0757 e. The number of aliphatic hydroxyl groups excluding tert-OH is 1. The van der Waals surface area contributed by atoms with Crippen molar-refractivity contribution in [1.29, 1.82) is 0 Å². The lowest BCUT2D eigenvalue weighted by Crippen LogP contribution is -2.53. The molecule has 3 aliphatic carbocycles. The van der Waals surface area contributed by atoms with Gasteiger partial charge >= 0.3 is 0 Å². The zero-order valence-corrected chi connectivity index (χ0v) is 7.46. The number of fused-ring (bicyclic) bond motifs is 1. The summed E-state index contributed by atoms with van der Waals surface area (Å²) in [5.41, 5.74) is 1.75. The highest BCUT2D eigenvalue weighted by molar-refractivity contribution is 5.24. The highest BCUT2D eigenvalue weighted by atomic mass is 16.3. The summed E-state index contributed by atoms with van der Waals surface area (Å²) in [4.78, 5) is 0. The molecule has 3 aliphatic rings. The van der Waals surface area contributed by atoms with Crippen molar-refractivity contribution in [2.45, 2.75) is 33.3 Å². The minimum Gasteiger partial charge on any atom is -0.389 e. The average Bonchev–Trinajstić information content (AvgIpc) is 1.84. The summed E-state index contributed by atoms with van der Waals surface area (Å²) in [6.07, 6.45) is 3.07. The second-order valence-electron chi connectivity index (χ2n) is 4.62.